The second-order valence-electron chi connectivity index (χ2n) is 20.5. The topological polar surface area (TPSA) is 189 Å². The van der Waals surface area contributed by atoms with Crippen LogP contribution >= 0.6 is 0 Å². The predicted octanol–water partition coefficient (Wildman–Crippen LogP) is 4.84. The molecule has 16 nitrogen and oxygen atoms in total. The Morgan fingerprint density at radius 1 is 0.985 bits per heavy atom. The average Bonchev–Trinajstić information content (AvgIpc) is 4.27. The highest BCUT2D eigenvalue weighted by Gasteiger charge is 2.63. The van der Waals surface area contributed by atoms with E-state index in [0.717, 1.165) is 120 Å². The fraction of sp³-hybridized carbons (Fsp3) is 0.694. The zero-order valence-corrected chi connectivity index (χ0v) is 39.6. The minimum atomic E-state index is -4.01. The number of aromatic nitrogens is 1. The van der Waals surface area contributed by atoms with Crippen molar-refractivity contribution in [2.75, 3.05) is 52.9 Å². The Bertz CT molecular complexity index is 2280. The van der Waals surface area contributed by atoms with Crippen LogP contribution in [0, 0.1) is 17.8 Å². The SMILES string of the molecule is C=CC1CC1(NC(=O)[C@@H]1C[C@@H]2CN1C(=O)[C@H](C1CCCCC1)NC(=O)O[C@@H]1C[C@H]1CCCCCc1c(nc3ccccc3c1OCCCN1CCN(C)CC1)O2)C(=O)NS(=O)(=O)C1(C)CC1. The van der Waals surface area contributed by atoms with E-state index in [1.807, 2.05) is 24.3 Å². The molecule has 360 valence electrons. The first-order valence-corrected chi connectivity index (χ1v) is 26.2. The Kier molecular flexibility index (Phi) is 13.6. The molecule has 1 aromatic heterocycles. The second-order valence-corrected chi connectivity index (χ2v) is 22.7. The molecule has 66 heavy (non-hydrogen) atoms. The number of nitrogens with zero attached hydrogens (tertiary/aromatic N) is 4. The number of ether oxygens (including phenoxy) is 3. The number of pyridine rings is 1. The standard InChI is InChI=1S/C49H69N7O9S/c1-4-34-30-49(34,46(59)53-66(61,62)48(2)20-21-48)52-43(57)39-29-35-31-56(39)45(58)41(32-14-7-5-8-15-32)51-47(60)65-40-28-33(40)16-9-6-10-18-37-42(36-17-11-12-19-38(36)50-44(37)64-35)63-27-13-22-55-25-23-54(3)24-26-55/h4,11-12,17,19,32-35,39-41H,1,5-10,13-16,18,20-31H2,2-3H3,(H,51,60)(H,52,57)(H,53,59)/t33-,34?,35-,39+,40-,41+,49?/m1/s1. The lowest BCUT2D eigenvalue weighted by molar-refractivity contribution is -0.142. The molecule has 6 fully saturated rings. The second kappa shape index (κ2) is 19.3. The van der Waals surface area contributed by atoms with E-state index in [4.69, 9.17) is 19.2 Å². The number of hydrogen-bond donors (Lipinski definition) is 3. The van der Waals surface area contributed by atoms with Gasteiger partial charge in [0.2, 0.25) is 27.7 Å². The summed E-state index contributed by atoms with van der Waals surface area (Å²) in [7, 11) is -1.85. The normalized spacial score (nSPS) is 30.8. The van der Waals surface area contributed by atoms with Crippen LogP contribution < -0.4 is 24.8 Å². The summed E-state index contributed by atoms with van der Waals surface area (Å²) in [6, 6.07) is 5.81. The molecule has 3 aliphatic heterocycles. The van der Waals surface area contributed by atoms with Crippen LogP contribution in [0.2, 0.25) is 0 Å². The molecule has 3 N–H and O–H groups in total. The van der Waals surface area contributed by atoms with E-state index in [1.165, 1.54) is 4.90 Å². The Balaban J connectivity index is 1.03. The molecule has 7 aliphatic rings. The number of alkyl carbamates (subject to hydrolysis) is 1. The quantitative estimate of drug-likeness (QED) is 0.195. The Morgan fingerprint density at radius 3 is 2.44 bits per heavy atom. The van der Waals surface area contributed by atoms with E-state index in [0.29, 0.717) is 37.3 Å². The third-order valence-corrected chi connectivity index (χ3v) is 17.8. The number of sulfonamides is 1. The molecule has 2 saturated heterocycles. The molecular formula is C49H69N7O9S. The molecule has 4 aliphatic carbocycles. The van der Waals surface area contributed by atoms with Crippen LogP contribution in [0.5, 0.6) is 11.6 Å². The highest BCUT2D eigenvalue weighted by Crippen LogP contribution is 2.47. The van der Waals surface area contributed by atoms with Crippen LogP contribution in [0.3, 0.4) is 0 Å². The van der Waals surface area contributed by atoms with Crippen molar-refractivity contribution >= 4 is 44.7 Å². The molecule has 17 heteroatoms. The molecular weight excluding hydrogens is 863 g/mol. The van der Waals surface area contributed by atoms with Gasteiger partial charge in [0, 0.05) is 50.4 Å². The number of amides is 4. The number of fused-ring (bicyclic) bond motifs is 5. The monoisotopic (exact) mass is 931 g/mol. The van der Waals surface area contributed by atoms with E-state index in [1.54, 1.807) is 13.0 Å². The Labute approximate surface area is 389 Å². The van der Waals surface area contributed by atoms with Crippen LogP contribution in [0.25, 0.3) is 10.9 Å². The van der Waals surface area contributed by atoms with Crippen molar-refractivity contribution in [3.8, 4) is 11.6 Å². The number of rotatable bonds is 12. The van der Waals surface area contributed by atoms with Crippen LogP contribution in [-0.4, -0.2) is 139 Å². The van der Waals surface area contributed by atoms with Crippen LogP contribution in [0.4, 0.5) is 4.79 Å². The maximum Gasteiger partial charge on any atom is 0.408 e. The fourth-order valence-corrected chi connectivity index (χ4v) is 12.1. The van der Waals surface area contributed by atoms with E-state index >= 15 is 4.79 Å². The molecule has 0 spiro atoms. The number of hydrogen-bond acceptors (Lipinski definition) is 12. The molecule has 4 saturated carbocycles. The number of nitrogens with one attached hydrogen (secondary N) is 3. The molecule has 2 bridgehead atoms. The van der Waals surface area contributed by atoms with Crippen molar-refractivity contribution in [3.05, 3.63) is 42.5 Å². The van der Waals surface area contributed by atoms with Crippen molar-refractivity contribution in [2.45, 2.75) is 144 Å². The summed E-state index contributed by atoms with van der Waals surface area (Å²) >= 11 is 0. The molecule has 9 rings (SSSR count). The summed E-state index contributed by atoms with van der Waals surface area (Å²) in [5, 5.41) is 6.78. The zero-order valence-electron chi connectivity index (χ0n) is 38.8. The molecule has 4 heterocycles. The van der Waals surface area contributed by atoms with Gasteiger partial charge in [0.05, 0.1) is 29.0 Å². The third-order valence-electron chi connectivity index (χ3n) is 15.6. The van der Waals surface area contributed by atoms with Gasteiger partial charge in [-0.3, -0.25) is 19.1 Å². The molecule has 2 unspecified atom stereocenters. The van der Waals surface area contributed by atoms with Gasteiger partial charge < -0.3 is 39.5 Å². The van der Waals surface area contributed by atoms with Crippen molar-refractivity contribution in [2.24, 2.45) is 17.8 Å². The zero-order chi connectivity index (χ0) is 46.2. The van der Waals surface area contributed by atoms with Gasteiger partial charge in [-0.2, -0.15) is 0 Å². The van der Waals surface area contributed by atoms with E-state index in [9.17, 15) is 22.8 Å². The summed E-state index contributed by atoms with van der Waals surface area (Å²) in [5.74, 6) is -1.15. The summed E-state index contributed by atoms with van der Waals surface area (Å²) in [4.78, 5) is 68.9. The predicted molar refractivity (Wildman–Crippen MR) is 248 cm³/mol. The van der Waals surface area contributed by atoms with Gasteiger partial charge in [0.25, 0.3) is 5.91 Å². The van der Waals surface area contributed by atoms with Crippen LogP contribution in [-0.2, 0) is 35.6 Å². The first-order valence-electron chi connectivity index (χ1n) is 24.7. The van der Waals surface area contributed by atoms with E-state index in [2.05, 4.69) is 38.8 Å². The van der Waals surface area contributed by atoms with Gasteiger partial charge in [-0.1, -0.05) is 50.3 Å². The van der Waals surface area contributed by atoms with Crippen molar-refractivity contribution in [1.82, 2.24) is 35.0 Å². The lowest BCUT2D eigenvalue weighted by Crippen LogP contribution is -2.59. The molecule has 4 amide bonds. The van der Waals surface area contributed by atoms with Gasteiger partial charge in [-0.15, -0.1) is 6.58 Å². The highest BCUT2D eigenvalue weighted by molar-refractivity contribution is 7.91. The molecule has 7 atom stereocenters. The number of piperazine rings is 1. The summed E-state index contributed by atoms with van der Waals surface area (Å²) in [5.41, 5.74) is -0.000284. The summed E-state index contributed by atoms with van der Waals surface area (Å²) < 4.78 is 47.3. The van der Waals surface area contributed by atoms with E-state index < -0.39 is 68.2 Å². The summed E-state index contributed by atoms with van der Waals surface area (Å²) in [6.07, 6.45) is 11.4. The van der Waals surface area contributed by atoms with Crippen LogP contribution in [0.1, 0.15) is 109 Å². The van der Waals surface area contributed by atoms with Crippen molar-refractivity contribution in [3.63, 3.8) is 0 Å². The Hall–Kier alpha value is -4.48. The van der Waals surface area contributed by atoms with Crippen molar-refractivity contribution in [1.29, 1.82) is 0 Å². The number of benzene rings is 1. The number of carbonyl (C=O) groups is 4. The van der Waals surface area contributed by atoms with Gasteiger partial charge in [0.15, 0.2) is 0 Å². The Morgan fingerprint density at radius 2 is 1.71 bits per heavy atom. The smallest absolute Gasteiger partial charge is 0.408 e. The lowest BCUT2D eigenvalue weighted by Gasteiger charge is -2.34. The maximum absolute atomic E-state index is 15.1. The van der Waals surface area contributed by atoms with Gasteiger partial charge >= 0.3 is 6.09 Å². The van der Waals surface area contributed by atoms with E-state index in [-0.39, 0.29) is 37.3 Å². The first-order chi connectivity index (χ1) is 31.8. The lowest BCUT2D eigenvalue weighted by atomic mass is 9.83. The van der Waals surface area contributed by atoms with Gasteiger partial charge in [0.1, 0.15) is 35.6 Å². The largest absolute Gasteiger partial charge is 0.492 e. The maximum atomic E-state index is 15.1. The van der Waals surface area contributed by atoms with Crippen molar-refractivity contribution < 1.29 is 41.8 Å². The van der Waals surface area contributed by atoms with Gasteiger partial charge in [-0.05, 0) is 102 Å². The number of carbonyl (C=O) groups excluding carboxylic acids is 4. The summed E-state index contributed by atoms with van der Waals surface area (Å²) in [6.45, 7) is 11.1. The number of likely N-dealkylation sites (N-methyl/N-ethyl adjacent to an activating group) is 1. The average molecular weight is 932 g/mol. The highest BCUT2D eigenvalue weighted by atomic mass is 32.2. The molecule has 0 radical (unpaired) electrons. The third kappa shape index (κ3) is 10.0. The molecule has 2 aromatic rings. The first kappa shape index (κ1) is 46.6. The minimum absolute atomic E-state index is 0.00748. The van der Waals surface area contributed by atoms with Crippen LogP contribution in [0.15, 0.2) is 36.9 Å². The minimum Gasteiger partial charge on any atom is -0.492 e. The molecule has 1 aromatic carbocycles. The fourth-order valence-electron chi connectivity index (χ4n) is 10.7. The van der Waals surface area contributed by atoms with Gasteiger partial charge in [-0.25, -0.2) is 18.2 Å². The number of para-hydroxylation sites is 1.